The summed E-state index contributed by atoms with van der Waals surface area (Å²) in [4.78, 5) is 35.4. The summed E-state index contributed by atoms with van der Waals surface area (Å²) in [5.74, 6) is 0.700. The number of halogens is 4. The molecule has 3 N–H and O–H groups in total. The molecule has 16 heteroatoms. The van der Waals surface area contributed by atoms with Crippen LogP contribution in [0.1, 0.15) is 77.2 Å². The van der Waals surface area contributed by atoms with Crippen LogP contribution in [0.5, 0.6) is 11.6 Å². The fourth-order valence-corrected chi connectivity index (χ4v) is 9.22. The lowest BCUT2D eigenvalue weighted by Gasteiger charge is -2.36. The monoisotopic (exact) mass is 822 g/mol. The maximum atomic E-state index is 14.6. The highest BCUT2D eigenvalue weighted by molar-refractivity contribution is 7.99. The topological polar surface area (TPSA) is 117 Å². The number of carbonyl (C=O) groups excluding carboxylic acids is 2. The largest absolute Gasteiger partial charge is 0.438 e. The van der Waals surface area contributed by atoms with E-state index in [1.54, 1.807) is 6.07 Å². The Morgan fingerprint density at radius 1 is 0.897 bits per heavy atom. The third-order valence-corrected chi connectivity index (χ3v) is 11.9. The van der Waals surface area contributed by atoms with Gasteiger partial charge in [-0.25, -0.2) is 9.37 Å². The molecule has 0 spiro atoms. The van der Waals surface area contributed by atoms with Gasteiger partial charge in [-0.1, -0.05) is 30.3 Å². The van der Waals surface area contributed by atoms with Crippen LogP contribution in [0.15, 0.2) is 60.8 Å². The summed E-state index contributed by atoms with van der Waals surface area (Å²) >= 11 is 1.98. The van der Waals surface area contributed by atoms with Crippen LogP contribution in [0.2, 0.25) is 0 Å². The number of piperazine rings is 1. The molecule has 2 aliphatic heterocycles. The summed E-state index contributed by atoms with van der Waals surface area (Å²) in [5.41, 5.74) is 3.17. The predicted octanol–water partition coefficient (Wildman–Crippen LogP) is 6.63. The minimum Gasteiger partial charge on any atom is -0.438 e. The normalized spacial score (nSPS) is 22.1. The van der Waals surface area contributed by atoms with Crippen molar-refractivity contribution in [1.82, 2.24) is 40.5 Å². The molecule has 4 aromatic rings. The number of hydrogen-bond acceptors (Lipinski definition) is 9. The maximum absolute atomic E-state index is 14.6. The Bertz CT molecular complexity index is 2070. The van der Waals surface area contributed by atoms with E-state index in [1.807, 2.05) is 30.0 Å². The third-order valence-electron chi connectivity index (χ3n) is 10.9. The number of aromatic nitrogens is 3. The van der Waals surface area contributed by atoms with Crippen molar-refractivity contribution < 1.29 is 31.9 Å². The number of ether oxygens (including phenoxy) is 1. The second kappa shape index (κ2) is 18.2. The van der Waals surface area contributed by atoms with E-state index in [9.17, 15) is 27.2 Å². The number of alkyl halides is 3. The van der Waals surface area contributed by atoms with Crippen molar-refractivity contribution in [2.75, 3.05) is 37.7 Å². The fraction of sp³-hybridized carbons (Fsp3) is 0.476. The molecule has 3 aliphatic rings. The first kappa shape index (κ1) is 41.6. The molecule has 0 bridgehead atoms. The zero-order valence-electron chi connectivity index (χ0n) is 32.9. The van der Waals surface area contributed by atoms with Crippen LogP contribution in [0, 0.1) is 5.82 Å². The first-order chi connectivity index (χ1) is 27.8. The molecule has 11 nitrogen and oxygen atoms in total. The van der Waals surface area contributed by atoms with Crippen molar-refractivity contribution in [1.29, 1.82) is 0 Å². The van der Waals surface area contributed by atoms with Crippen LogP contribution in [0.25, 0.3) is 11.1 Å². The summed E-state index contributed by atoms with van der Waals surface area (Å²) in [6.45, 7) is 10.2. The Morgan fingerprint density at radius 3 is 2.26 bits per heavy atom. The van der Waals surface area contributed by atoms with Crippen LogP contribution in [-0.4, -0.2) is 98.2 Å². The Kier molecular flexibility index (Phi) is 13.1. The van der Waals surface area contributed by atoms with Gasteiger partial charge in [0.1, 0.15) is 22.8 Å². The number of aryl methyl sites for hydroxylation is 1. The molecule has 2 saturated heterocycles. The first-order valence-corrected chi connectivity index (χ1v) is 21.0. The van der Waals surface area contributed by atoms with Gasteiger partial charge >= 0.3 is 6.18 Å². The van der Waals surface area contributed by atoms with Gasteiger partial charge in [0, 0.05) is 88.1 Å². The number of pyridine rings is 1. The Morgan fingerprint density at radius 2 is 1.59 bits per heavy atom. The number of rotatable bonds is 11. The van der Waals surface area contributed by atoms with Crippen LogP contribution in [0.4, 0.5) is 17.6 Å². The molecule has 2 atom stereocenters. The van der Waals surface area contributed by atoms with Crippen molar-refractivity contribution in [2.24, 2.45) is 7.05 Å². The molecule has 2 aromatic heterocycles. The van der Waals surface area contributed by atoms with Crippen LogP contribution in [0.3, 0.4) is 0 Å². The smallest absolute Gasteiger partial charge is 0.433 e. The van der Waals surface area contributed by atoms with E-state index < -0.39 is 29.5 Å². The highest BCUT2D eigenvalue weighted by atomic mass is 32.2. The number of benzene rings is 2. The molecule has 4 heterocycles. The minimum absolute atomic E-state index is 0.0357. The molecule has 58 heavy (non-hydrogen) atoms. The van der Waals surface area contributed by atoms with Crippen molar-refractivity contribution in [3.05, 3.63) is 94.7 Å². The molecule has 0 unspecified atom stereocenters. The summed E-state index contributed by atoms with van der Waals surface area (Å²) in [5, 5.41) is 13.0. The Labute approximate surface area is 340 Å². The molecule has 2 aromatic carbocycles. The second-order valence-electron chi connectivity index (χ2n) is 15.7. The van der Waals surface area contributed by atoms with E-state index >= 15 is 0 Å². The Hall–Kier alpha value is -4.51. The number of thioether (sulfide) groups is 1. The number of hydrogen-bond donors (Lipinski definition) is 3. The van der Waals surface area contributed by atoms with Crippen molar-refractivity contribution in [3.8, 4) is 22.8 Å². The van der Waals surface area contributed by atoms with E-state index in [1.165, 1.54) is 11.1 Å². The predicted molar refractivity (Wildman–Crippen MR) is 215 cm³/mol. The second-order valence-corrected chi connectivity index (χ2v) is 16.9. The van der Waals surface area contributed by atoms with Crippen molar-refractivity contribution in [3.63, 3.8) is 0 Å². The highest BCUT2D eigenvalue weighted by Crippen LogP contribution is 2.33. The third kappa shape index (κ3) is 10.6. The van der Waals surface area contributed by atoms with E-state index in [0.717, 1.165) is 87.3 Å². The maximum Gasteiger partial charge on any atom is 0.433 e. The van der Waals surface area contributed by atoms with Crippen molar-refractivity contribution >= 4 is 23.6 Å². The van der Waals surface area contributed by atoms with Crippen LogP contribution >= 0.6 is 11.8 Å². The molecule has 0 radical (unpaired) electrons. The highest BCUT2D eigenvalue weighted by Gasteiger charge is 2.36. The molecule has 310 valence electrons. The molecule has 1 saturated carbocycles. The number of nitrogens with one attached hydrogen (secondary N) is 3. The van der Waals surface area contributed by atoms with Gasteiger partial charge in [-0.05, 0) is 80.0 Å². The van der Waals surface area contributed by atoms with Crippen molar-refractivity contribution in [2.45, 2.75) is 83.0 Å². The summed E-state index contributed by atoms with van der Waals surface area (Å²) in [6.07, 6.45) is -1.70. The zero-order valence-corrected chi connectivity index (χ0v) is 33.8. The van der Waals surface area contributed by atoms with Gasteiger partial charge in [0.2, 0.25) is 5.88 Å². The van der Waals surface area contributed by atoms with Gasteiger partial charge in [-0.2, -0.15) is 30.0 Å². The fourth-order valence-electron chi connectivity index (χ4n) is 8.24. The lowest BCUT2D eigenvalue weighted by Crippen LogP contribution is -2.53. The molecular formula is C42H50F4N8O3S. The van der Waals surface area contributed by atoms with Gasteiger partial charge in [0.25, 0.3) is 11.8 Å². The average Bonchev–Trinajstić information content (AvgIpc) is 3.59. The molecular weight excluding hydrogens is 773 g/mol. The standard InChI is InChI=1S/C42H50F4N8O3S/c1-26-22-54(23-27(2)48-26)24-28-7-12-35(30(17-28)25-53-13-15-58-16-14-53)29-5-4-6-34(18-29)57-41-36(19-31(43)21-47-41)39(55)49-32-8-10-33(11-9-32)50-40(56)37-20-38(42(44,45)46)52(3)51-37/h4-7,12,17-21,26-27,32-33,48H,8-11,13-16,22-25H2,1-3H3,(H,49,55)(H,50,56)/t26-,27+,32-,33+. The summed E-state index contributed by atoms with van der Waals surface area (Å²) in [6, 6.07) is 16.5. The zero-order chi connectivity index (χ0) is 41.0. The van der Waals surface area contributed by atoms with E-state index in [0.29, 0.717) is 48.2 Å². The quantitative estimate of drug-likeness (QED) is 0.143. The summed E-state index contributed by atoms with van der Waals surface area (Å²) < 4.78 is 61.0. The minimum atomic E-state index is -4.63. The van der Waals surface area contributed by atoms with Gasteiger partial charge in [0.15, 0.2) is 5.69 Å². The molecule has 7 rings (SSSR count). The lowest BCUT2D eigenvalue weighted by molar-refractivity contribution is -0.143. The summed E-state index contributed by atoms with van der Waals surface area (Å²) in [7, 11) is 1.14. The molecule has 2 amide bonds. The van der Waals surface area contributed by atoms with Crippen LogP contribution < -0.4 is 20.7 Å². The number of nitrogens with zero attached hydrogens (tertiary/aromatic N) is 5. The number of amides is 2. The van der Waals surface area contributed by atoms with Gasteiger partial charge in [-0.3, -0.25) is 24.1 Å². The van der Waals surface area contributed by atoms with E-state index in [2.05, 4.69) is 67.9 Å². The first-order valence-electron chi connectivity index (χ1n) is 19.8. The van der Waals surface area contributed by atoms with Gasteiger partial charge < -0.3 is 20.7 Å². The molecule has 3 fully saturated rings. The van der Waals surface area contributed by atoms with Gasteiger partial charge in [0.05, 0.1) is 6.20 Å². The van der Waals surface area contributed by atoms with E-state index in [4.69, 9.17) is 4.74 Å². The number of carbonyl (C=O) groups is 2. The van der Waals surface area contributed by atoms with Gasteiger partial charge in [-0.15, -0.1) is 0 Å². The average molecular weight is 823 g/mol. The Balaban J connectivity index is 1.02. The van der Waals surface area contributed by atoms with E-state index in [-0.39, 0.29) is 29.2 Å². The molecule has 1 aliphatic carbocycles. The SMILES string of the molecule is C[C@@H]1CN(Cc2ccc(-c3cccc(Oc4ncc(F)cc4C(=O)N[C@H]4CC[C@@H](NC(=O)c5cc(C(F)(F)F)n(C)n5)CC4)c3)c(CN3CCSCC3)c2)C[C@H](C)N1. The lowest BCUT2D eigenvalue weighted by atomic mass is 9.91. The van der Waals surface area contributed by atoms with Crippen LogP contribution in [-0.2, 0) is 26.3 Å².